The van der Waals surface area contributed by atoms with Gasteiger partial charge in [0.15, 0.2) is 5.11 Å². The molecule has 5 heteroatoms. The Balaban J connectivity index is 2.01. The quantitative estimate of drug-likeness (QED) is 0.596. The molecule has 1 aromatic carbocycles. The van der Waals surface area contributed by atoms with Crippen molar-refractivity contribution in [3.05, 3.63) is 42.5 Å². The van der Waals surface area contributed by atoms with Crippen molar-refractivity contribution in [2.75, 3.05) is 33.3 Å². The molecule has 1 fully saturated rings. The SMILES string of the molecule is C=CCNC(=S)NC[C@@H](c1ccc(OC)cc1)N1CCCC1. The van der Waals surface area contributed by atoms with Gasteiger partial charge in [0.25, 0.3) is 0 Å². The molecule has 120 valence electrons. The molecule has 1 aliphatic heterocycles. The van der Waals surface area contributed by atoms with Crippen LogP contribution < -0.4 is 15.4 Å². The van der Waals surface area contributed by atoms with Gasteiger partial charge in [-0.1, -0.05) is 18.2 Å². The average molecular weight is 319 g/mol. The molecule has 1 heterocycles. The van der Waals surface area contributed by atoms with Crippen molar-refractivity contribution in [3.63, 3.8) is 0 Å². The number of thiocarbonyl (C=S) groups is 1. The summed E-state index contributed by atoms with van der Waals surface area (Å²) in [7, 11) is 1.69. The highest BCUT2D eigenvalue weighted by Gasteiger charge is 2.23. The van der Waals surface area contributed by atoms with Gasteiger partial charge in [-0.15, -0.1) is 6.58 Å². The molecule has 0 bridgehead atoms. The van der Waals surface area contributed by atoms with Gasteiger partial charge in [0, 0.05) is 13.1 Å². The molecule has 2 rings (SSSR count). The van der Waals surface area contributed by atoms with Gasteiger partial charge >= 0.3 is 0 Å². The number of nitrogens with zero attached hydrogens (tertiary/aromatic N) is 1. The molecule has 2 N–H and O–H groups in total. The lowest BCUT2D eigenvalue weighted by atomic mass is 10.1. The third kappa shape index (κ3) is 4.71. The third-order valence-corrected chi connectivity index (χ3v) is 4.23. The van der Waals surface area contributed by atoms with E-state index in [1.165, 1.54) is 18.4 Å². The molecule has 0 radical (unpaired) electrons. The van der Waals surface area contributed by atoms with E-state index in [0.29, 0.717) is 17.7 Å². The van der Waals surface area contributed by atoms with Crippen molar-refractivity contribution in [2.45, 2.75) is 18.9 Å². The van der Waals surface area contributed by atoms with Crippen molar-refractivity contribution in [1.82, 2.24) is 15.5 Å². The Morgan fingerprint density at radius 3 is 2.59 bits per heavy atom. The Morgan fingerprint density at radius 2 is 2.00 bits per heavy atom. The first-order valence-electron chi connectivity index (χ1n) is 7.75. The van der Waals surface area contributed by atoms with Crippen LogP contribution >= 0.6 is 12.2 Å². The molecule has 1 atom stereocenters. The number of rotatable bonds is 7. The molecule has 0 unspecified atom stereocenters. The van der Waals surface area contributed by atoms with E-state index in [9.17, 15) is 0 Å². The topological polar surface area (TPSA) is 36.5 Å². The van der Waals surface area contributed by atoms with Crippen LogP contribution in [0, 0.1) is 0 Å². The van der Waals surface area contributed by atoms with Crippen molar-refractivity contribution in [3.8, 4) is 5.75 Å². The number of hydrogen-bond donors (Lipinski definition) is 2. The molecule has 0 aromatic heterocycles. The van der Waals surface area contributed by atoms with Gasteiger partial charge in [0.1, 0.15) is 5.75 Å². The Kier molecular flexibility index (Phi) is 6.68. The largest absolute Gasteiger partial charge is 0.497 e. The molecule has 0 aliphatic carbocycles. The van der Waals surface area contributed by atoms with Crippen molar-refractivity contribution >= 4 is 17.3 Å². The minimum atomic E-state index is 0.330. The predicted molar refractivity (Wildman–Crippen MR) is 95.3 cm³/mol. The van der Waals surface area contributed by atoms with Gasteiger partial charge < -0.3 is 15.4 Å². The first-order chi connectivity index (χ1) is 10.7. The highest BCUT2D eigenvalue weighted by atomic mass is 32.1. The van der Waals surface area contributed by atoms with Gasteiger partial charge in [-0.25, -0.2) is 0 Å². The zero-order valence-corrected chi connectivity index (χ0v) is 14.0. The second kappa shape index (κ2) is 8.76. The summed E-state index contributed by atoms with van der Waals surface area (Å²) in [4.78, 5) is 2.52. The minimum Gasteiger partial charge on any atom is -0.497 e. The van der Waals surface area contributed by atoms with Crippen LogP contribution in [0.15, 0.2) is 36.9 Å². The van der Waals surface area contributed by atoms with Crippen molar-refractivity contribution in [2.24, 2.45) is 0 Å². The first kappa shape index (κ1) is 16.8. The fourth-order valence-electron chi connectivity index (χ4n) is 2.75. The maximum atomic E-state index is 5.29. The van der Waals surface area contributed by atoms with Crippen LogP contribution in [0.4, 0.5) is 0 Å². The van der Waals surface area contributed by atoms with Crippen LogP contribution in [0.2, 0.25) is 0 Å². The van der Waals surface area contributed by atoms with Gasteiger partial charge in [-0.3, -0.25) is 4.90 Å². The molecular weight excluding hydrogens is 294 g/mol. The summed E-state index contributed by atoms with van der Waals surface area (Å²) in [5.41, 5.74) is 1.29. The maximum Gasteiger partial charge on any atom is 0.166 e. The van der Waals surface area contributed by atoms with Crippen molar-refractivity contribution in [1.29, 1.82) is 0 Å². The van der Waals surface area contributed by atoms with Gasteiger partial charge in [0.05, 0.1) is 13.2 Å². The fourth-order valence-corrected chi connectivity index (χ4v) is 2.92. The van der Waals surface area contributed by atoms with E-state index in [1.807, 2.05) is 12.1 Å². The van der Waals surface area contributed by atoms with Crippen LogP contribution in [0.25, 0.3) is 0 Å². The van der Waals surface area contributed by atoms with E-state index in [1.54, 1.807) is 13.2 Å². The van der Waals surface area contributed by atoms with Gasteiger partial charge in [-0.2, -0.15) is 0 Å². The zero-order valence-electron chi connectivity index (χ0n) is 13.2. The van der Waals surface area contributed by atoms with Crippen LogP contribution in [0.1, 0.15) is 24.4 Å². The summed E-state index contributed by atoms with van der Waals surface area (Å²) in [6.45, 7) is 7.46. The van der Waals surface area contributed by atoms with Crippen LogP contribution in [-0.2, 0) is 0 Å². The highest BCUT2D eigenvalue weighted by molar-refractivity contribution is 7.80. The first-order valence-corrected chi connectivity index (χ1v) is 8.16. The standard InChI is InChI=1S/C17H25N3OS/c1-3-10-18-17(22)19-13-16(20-11-4-5-12-20)14-6-8-15(21-2)9-7-14/h3,6-9,16H,1,4-5,10-13H2,2H3,(H2,18,19,22)/t16-/m0/s1. The maximum absolute atomic E-state index is 5.29. The molecular formula is C17H25N3OS. The lowest BCUT2D eigenvalue weighted by Gasteiger charge is -2.28. The Bertz CT molecular complexity index is 483. The minimum absolute atomic E-state index is 0.330. The Morgan fingerprint density at radius 1 is 1.32 bits per heavy atom. The molecule has 0 amide bonds. The summed E-state index contributed by atoms with van der Waals surface area (Å²) in [6, 6.07) is 8.66. The van der Waals surface area contributed by atoms with Crippen LogP contribution in [-0.4, -0.2) is 43.3 Å². The van der Waals surface area contributed by atoms with E-state index < -0.39 is 0 Å². The number of methoxy groups -OCH3 is 1. The number of benzene rings is 1. The van der Waals surface area contributed by atoms with Gasteiger partial charge in [0.2, 0.25) is 0 Å². The Hall–Kier alpha value is -1.59. The lowest BCUT2D eigenvalue weighted by Crippen LogP contribution is -2.41. The number of hydrogen-bond acceptors (Lipinski definition) is 3. The smallest absolute Gasteiger partial charge is 0.166 e. The van der Waals surface area contributed by atoms with E-state index >= 15 is 0 Å². The van der Waals surface area contributed by atoms with E-state index in [4.69, 9.17) is 17.0 Å². The lowest BCUT2D eigenvalue weighted by molar-refractivity contribution is 0.245. The third-order valence-electron chi connectivity index (χ3n) is 3.94. The summed E-state index contributed by atoms with van der Waals surface area (Å²) < 4.78 is 5.25. The zero-order chi connectivity index (χ0) is 15.8. The van der Waals surface area contributed by atoms with E-state index in [0.717, 1.165) is 25.4 Å². The number of nitrogens with one attached hydrogen (secondary N) is 2. The highest BCUT2D eigenvalue weighted by Crippen LogP contribution is 2.26. The fraction of sp³-hybridized carbons (Fsp3) is 0.471. The molecule has 22 heavy (non-hydrogen) atoms. The Labute approximate surface area is 138 Å². The predicted octanol–water partition coefficient (Wildman–Crippen LogP) is 2.48. The molecule has 4 nitrogen and oxygen atoms in total. The van der Waals surface area contributed by atoms with Gasteiger partial charge in [-0.05, 0) is 55.8 Å². The molecule has 0 saturated carbocycles. The normalized spacial score (nSPS) is 16.0. The second-order valence-corrected chi connectivity index (χ2v) is 5.82. The summed E-state index contributed by atoms with van der Waals surface area (Å²) in [6.07, 6.45) is 4.34. The summed E-state index contributed by atoms with van der Waals surface area (Å²) >= 11 is 5.29. The molecule has 1 aromatic rings. The summed E-state index contributed by atoms with van der Waals surface area (Å²) in [5.74, 6) is 0.889. The number of ether oxygens (including phenoxy) is 1. The average Bonchev–Trinajstić information content (AvgIpc) is 3.08. The summed E-state index contributed by atoms with van der Waals surface area (Å²) in [5, 5.41) is 7.11. The van der Waals surface area contributed by atoms with E-state index in [-0.39, 0.29) is 0 Å². The van der Waals surface area contributed by atoms with Crippen LogP contribution in [0.3, 0.4) is 0 Å². The van der Waals surface area contributed by atoms with Crippen LogP contribution in [0.5, 0.6) is 5.75 Å². The van der Waals surface area contributed by atoms with Crippen molar-refractivity contribution < 1.29 is 4.74 Å². The molecule has 1 aliphatic rings. The number of likely N-dealkylation sites (tertiary alicyclic amines) is 1. The molecule has 0 spiro atoms. The monoisotopic (exact) mass is 319 g/mol. The molecule has 1 saturated heterocycles. The van der Waals surface area contributed by atoms with E-state index in [2.05, 4.69) is 34.2 Å². The second-order valence-electron chi connectivity index (χ2n) is 5.41.